The Hall–Kier alpha value is -0.300. The first kappa shape index (κ1) is 6.24. The molecule has 1 heteroatoms. The van der Waals surface area contributed by atoms with Gasteiger partial charge in [-0.2, -0.15) is 0 Å². The highest BCUT2D eigenvalue weighted by Gasteiger charge is 2.55. The van der Waals surface area contributed by atoms with Gasteiger partial charge in [0.25, 0.3) is 0 Å². The first-order valence-electron chi connectivity index (χ1n) is 4.74. The van der Waals surface area contributed by atoms with Crippen molar-refractivity contribution in [1.82, 2.24) is 0 Å². The van der Waals surface area contributed by atoms with Crippen molar-refractivity contribution < 1.29 is 5.11 Å². The summed E-state index contributed by atoms with van der Waals surface area (Å²) in [6, 6.07) is 0. The fraction of sp³-hybridized carbons (Fsp3) is 0.800. The average molecular weight is 150 g/mol. The van der Waals surface area contributed by atoms with E-state index in [0.717, 1.165) is 17.8 Å². The van der Waals surface area contributed by atoms with Crippen LogP contribution in [0.1, 0.15) is 19.3 Å². The van der Waals surface area contributed by atoms with E-state index in [4.69, 9.17) is 0 Å². The Kier molecular flexibility index (Phi) is 1.07. The minimum Gasteiger partial charge on any atom is -0.389 e. The predicted molar refractivity (Wildman–Crippen MR) is 43.0 cm³/mol. The monoisotopic (exact) mass is 150 g/mol. The molecule has 2 fully saturated rings. The molecule has 5 unspecified atom stereocenters. The third-order valence-electron chi connectivity index (χ3n) is 3.98. The number of hydrogen-bond donors (Lipinski definition) is 1. The molecule has 0 aliphatic heterocycles. The largest absolute Gasteiger partial charge is 0.389 e. The van der Waals surface area contributed by atoms with Crippen LogP contribution in [0.3, 0.4) is 0 Å². The summed E-state index contributed by atoms with van der Waals surface area (Å²) in [4.78, 5) is 0. The SMILES string of the molecule is OC1C=CC2C3CCCC3C12. The second-order valence-corrected chi connectivity index (χ2v) is 4.29. The van der Waals surface area contributed by atoms with Crippen molar-refractivity contribution in [2.75, 3.05) is 0 Å². The summed E-state index contributed by atoms with van der Waals surface area (Å²) in [5, 5.41) is 9.58. The van der Waals surface area contributed by atoms with Gasteiger partial charge in [0.05, 0.1) is 6.10 Å². The lowest BCUT2D eigenvalue weighted by Gasteiger charge is -2.46. The van der Waals surface area contributed by atoms with Gasteiger partial charge >= 0.3 is 0 Å². The smallest absolute Gasteiger partial charge is 0.0757 e. The Labute approximate surface area is 67.1 Å². The molecule has 3 aliphatic rings. The highest BCUT2D eigenvalue weighted by molar-refractivity contribution is 5.19. The number of fused-ring (bicyclic) bond motifs is 4. The topological polar surface area (TPSA) is 20.2 Å². The minimum absolute atomic E-state index is 0.0978. The zero-order chi connectivity index (χ0) is 7.42. The fourth-order valence-electron chi connectivity index (χ4n) is 3.52. The van der Waals surface area contributed by atoms with E-state index in [9.17, 15) is 5.11 Å². The Bertz CT molecular complexity index is 209. The Balaban J connectivity index is 1.88. The highest BCUT2D eigenvalue weighted by Crippen LogP contribution is 2.59. The van der Waals surface area contributed by atoms with Crippen LogP contribution in [-0.4, -0.2) is 11.2 Å². The Morgan fingerprint density at radius 1 is 1.09 bits per heavy atom. The van der Waals surface area contributed by atoms with E-state index >= 15 is 0 Å². The van der Waals surface area contributed by atoms with Crippen LogP contribution < -0.4 is 0 Å². The van der Waals surface area contributed by atoms with Crippen molar-refractivity contribution in [3.05, 3.63) is 12.2 Å². The molecule has 0 aromatic carbocycles. The van der Waals surface area contributed by atoms with E-state index in [2.05, 4.69) is 6.08 Å². The van der Waals surface area contributed by atoms with Crippen LogP contribution in [0.4, 0.5) is 0 Å². The molecular formula is C10H14O. The van der Waals surface area contributed by atoms with Crippen LogP contribution in [0.15, 0.2) is 12.2 Å². The van der Waals surface area contributed by atoms with Crippen molar-refractivity contribution in [2.24, 2.45) is 23.7 Å². The van der Waals surface area contributed by atoms with Crippen LogP contribution in [0.25, 0.3) is 0 Å². The summed E-state index contributed by atoms with van der Waals surface area (Å²) in [7, 11) is 0. The number of allylic oxidation sites excluding steroid dienone is 1. The van der Waals surface area contributed by atoms with Gasteiger partial charge in [-0.15, -0.1) is 0 Å². The maximum Gasteiger partial charge on any atom is 0.0757 e. The molecule has 2 saturated carbocycles. The molecule has 3 rings (SSSR count). The summed E-state index contributed by atoms with van der Waals surface area (Å²) in [5.41, 5.74) is 0. The van der Waals surface area contributed by atoms with Gasteiger partial charge in [-0.05, 0) is 36.5 Å². The van der Waals surface area contributed by atoms with Gasteiger partial charge in [0.1, 0.15) is 0 Å². The quantitative estimate of drug-likeness (QED) is 0.520. The molecule has 1 nitrogen and oxygen atoms in total. The van der Waals surface area contributed by atoms with E-state index < -0.39 is 0 Å². The normalized spacial score (nSPS) is 58.8. The standard InChI is InChI=1S/C10H14O/c11-9-5-4-8-6-2-1-3-7(6)10(8)9/h4-11H,1-3H2. The van der Waals surface area contributed by atoms with Crippen molar-refractivity contribution in [2.45, 2.75) is 25.4 Å². The van der Waals surface area contributed by atoms with Crippen LogP contribution in [0.5, 0.6) is 0 Å². The van der Waals surface area contributed by atoms with Gasteiger partial charge in [0, 0.05) is 0 Å². The molecule has 0 radical (unpaired) electrons. The number of aliphatic hydroxyl groups excluding tert-OH is 1. The maximum atomic E-state index is 9.58. The van der Waals surface area contributed by atoms with E-state index in [1.807, 2.05) is 6.08 Å². The molecule has 0 aromatic heterocycles. The number of hydrogen-bond acceptors (Lipinski definition) is 1. The predicted octanol–water partition coefficient (Wildman–Crippen LogP) is 1.58. The molecule has 0 saturated heterocycles. The molecular weight excluding hydrogens is 136 g/mol. The van der Waals surface area contributed by atoms with E-state index in [1.54, 1.807) is 0 Å². The average Bonchev–Trinajstić information content (AvgIpc) is 2.43. The minimum atomic E-state index is -0.0978. The molecule has 11 heavy (non-hydrogen) atoms. The summed E-state index contributed by atoms with van der Waals surface area (Å²) in [5.74, 6) is 3.22. The molecule has 0 spiro atoms. The summed E-state index contributed by atoms with van der Waals surface area (Å²) < 4.78 is 0. The van der Waals surface area contributed by atoms with Crippen LogP contribution in [0.2, 0.25) is 0 Å². The van der Waals surface area contributed by atoms with Crippen molar-refractivity contribution >= 4 is 0 Å². The fourth-order valence-corrected chi connectivity index (χ4v) is 3.52. The zero-order valence-electron chi connectivity index (χ0n) is 6.61. The summed E-state index contributed by atoms with van der Waals surface area (Å²) >= 11 is 0. The van der Waals surface area contributed by atoms with Crippen molar-refractivity contribution in [3.8, 4) is 0 Å². The van der Waals surface area contributed by atoms with Gasteiger partial charge in [-0.1, -0.05) is 18.6 Å². The molecule has 5 atom stereocenters. The summed E-state index contributed by atoms with van der Waals surface area (Å²) in [6.45, 7) is 0. The lowest BCUT2D eigenvalue weighted by Crippen LogP contribution is -2.45. The zero-order valence-corrected chi connectivity index (χ0v) is 6.61. The highest BCUT2D eigenvalue weighted by atomic mass is 16.3. The Morgan fingerprint density at radius 3 is 2.82 bits per heavy atom. The van der Waals surface area contributed by atoms with Crippen LogP contribution in [0, 0.1) is 23.7 Å². The van der Waals surface area contributed by atoms with Gasteiger partial charge in [-0.3, -0.25) is 0 Å². The third kappa shape index (κ3) is 0.610. The van der Waals surface area contributed by atoms with Crippen molar-refractivity contribution in [1.29, 1.82) is 0 Å². The van der Waals surface area contributed by atoms with E-state index in [-0.39, 0.29) is 6.10 Å². The number of rotatable bonds is 0. The van der Waals surface area contributed by atoms with Gasteiger partial charge in [0.15, 0.2) is 0 Å². The number of aliphatic hydroxyl groups is 1. The van der Waals surface area contributed by atoms with Gasteiger partial charge < -0.3 is 5.11 Å². The molecule has 0 bridgehead atoms. The maximum absolute atomic E-state index is 9.58. The van der Waals surface area contributed by atoms with Crippen molar-refractivity contribution in [3.63, 3.8) is 0 Å². The lowest BCUT2D eigenvalue weighted by atomic mass is 9.59. The first-order chi connectivity index (χ1) is 5.38. The molecule has 0 amide bonds. The van der Waals surface area contributed by atoms with E-state index in [1.165, 1.54) is 19.3 Å². The molecule has 0 aromatic rings. The first-order valence-corrected chi connectivity index (χ1v) is 4.74. The lowest BCUT2D eigenvalue weighted by molar-refractivity contribution is -0.0231. The molecule has 60 valence electrons. The Morgan fingerprint density at radius 2 is 1.91 bits per heavy atom. The summed E-state index contributed by atoms with van der Waals surface area (Å²) in [6.07, 6.45) is 8.37. The second-order valence-electron chi connectivity index (χ2n) is 4.29. The third-order valence-corrected chi connectivity index (χ3v) is 3.98. The van der Waals surface area contributed by atoms with Crippen LogP contribution in [-0.2, 0) is 0 Å². The van der Waals surface area contributed by atoms with E-state index in [0.29, 0.717) is 5.92 Å². The molecule has 1 N–H and O–H groups in total. The second kappa shape index (κ2) is 1.89. The van der Waals surface area contributed by atoms with Gasteiger partial charge in [0.2, 0.25) is 0 Å². The molecule has 0 heterocycles. The molecule has 3 aliphatic carbocycles. The van der Waals surface area contributed by atoms with Crippen LogP contribution >= 0.6 is 0 Å². The van der Waals surface area contributed by atoms with Gasteiger partial charge in [-0.25, -0.2) is 0 Å².